The van der Waals surface area contributed by atoms with Crippen LogP contribution in [0.15, 0.2) is 36.4 Å². The van der Waals surface area contributed by atoms with Gasteiger partial charge in [0.15, 0.2) is 0 Å². The van der Waals surface area contributed by atoms with Crippen molar-refractivity contribution in [3.8, 4) is 5.75 Å². The standard InChI is InChI=1S/C22H30N2O4S/c1-15-7-10-21(18(4)13-15)28-12-11-23-22(25)19(5)24(29(6,26)27)20-9-8-16(2)17(3)14-20/h7-10,13-14,19H,11-12H2,1-6H3,(H,23,25)/t19-/m0/s1. The predicted octanol–water partition coefficient (Wildman–Crippen LogP) is 3.27. The molecule has 0 unspecified atom stereocenters. The van der Waals surface area contributed by atoms with Crippen LogP contribution in [0.4, 0.5) is 5.69 Å². The molecule has 0 radical (unpaired) electrons. The Bertz CT molecular complexity index is 986. The quantitative estimate of drug-likeness (QED) is 0.668. The molecule has 1 atom stereocenters. The highest BCUT2D eigenvalue weighted by Crippen LogP contribution is 2.24. The zero-order chi connectivity index (χ0) is 21.8. The minimum atomic E-state index is -3.63. The molecule has 0 heterocycles. The van der Waals surface area contributed by atoms with E-state index in [4.69, 9.17) is 4.74 Å². The van der Waals surface area contributed by atoms with Gasteiger partial charge in [-0.1, -0.05) is 23.8 Å². The van der Waals surface area contributed by atoms with Gasteiger partial charge < -0.3 is 10.1 Å². The second-order valence-corrected chi connectivity index (χ2v) is 9.27. The van der Waals surface area contributed by atoms with Gasteiger partial charge in [-0.25, -0.2) is 8.42 Å². The first-order valence-electron chi connectivity index (χ1n) is 9.55. The summed E-state index contributed by atoms with van der Waals surface area (Å²) in [6.07, 6.45) is 1.11. The number of aryl methyl sites for hydroxylation is 4. The minimum Gasteiger partial charge on any atom is -0.491 e. The first-order chi connectivity index (χ1) is 13.5. The van der Waals surface area contributed by atoms with E-state index in [2.05, 4.69) is 5.32 Å². The van der Waals surface area contributed by atoms with Gasteiger partial charge in [0.25, 0.3) is 0 Å². The molecule has 158 valence electrons. The van der Waals surface area contributed by atoms with Crippen molar-refractivity contribution < 1.29 is 17.9 Å². The molecule has 2 aromatic carbocycles. The van der Waals surface area contributed by atoms with Crippen molar-refractivity contribution in [1.29, 1.82) is 0 Å². The number of sulfonamides is 1. The topological polar surface area (TPSA) is 75.7 Å². The summed E-state index contributed by atoms with van der Waals surface area (Å²) in [5, 5.41) is 2.76. The molecule has 6 nitrogen and oxygen atoms in total. The second-order valence-electron chi connectivity index (χ2n) is 7.41. The van der Waals surface area contributed by atoms with Gasteiger partial charge in [-0.2, -0.15) is 0 Å². The zero-order valence-electron chi connectivity index (χ0n) is 17.9. The Hall–Kier alpha value is -2.54. The third kappa shape index (κ3) is 5.97. The molecule has 0 saturated carbocycles. The van der Waals surface area contributed by atoms with E-state index in [1.165, 1.54) is 0 Å². The van der Waals surface area contributed by atoms with Crippen LogP contribution in [0.2, 0.25) is 0 Å². The Morgan fingerprint density at radius 3 is 2.31 bits per heavy atom. The van der Waals surface area contributed by atoms with Crippen molar-refractivity contribution in [2.24, 2.45) is 0 Å². The molecule has 2 aromatic rings. The smallest absolute Gasteiger partial charge is 0.243 e. The lowest BCUT2D eigenvalue weighted by molar-refractivity contribution is -0.121. The highest BCUT2D eigenvalue weighted by molar-refractivity contribution is 7.92. The predicted molar refractivity (Wildman–Crippen MR) is 117 cm³/mol. The number of nitrogens with one attached hydrogen (secondary N) is 1. The normalized spacial score (nSPS) is 12.3. The fraction of sp³-hybridized carbons (Fsp3) is 0.409. The SMILES string of the molecule is Cc1ccc(OCCNC(=O)[C@H](C)N(c2ccc(C)c(C)c2)S(C)(=O)=O)c(C)c1. The number of nitrogens with zero attached hydrogens (tertiary/aromatic N) is 1. The van der Waals surface area contributed by atoms with Gasteiger partial charge in [0.2, 0.25) is 15.9 Å². The summed E-state index contributed by atoms with van der Waals surface area (Å²) in [4.78, 5) is 12.6. The van der Waals surface area contributed by atoms with Crippen LogP contribution in [0.1, 0.15) is 29.2 Å². The van der Waals surface area contributed by atoms with Gasteiger partial charge in [-0.3, -0.25) is 9.10 Å². The van der Waals surface area contributed by atoms with Crippen LogP contribution in [0.3, 0.4) is 0 Å². The summed E-state index contributed by atoms with van der Waals surface area (Å²) < 4.78 is 31.6. The second kappa shape index (κ2) is 9.31. The Morgan fingerprint density at radius 2 is 1.72 bits per heavy atom. The number of anilines is 1. The molecule has 7 heteroatoms. The van der Waals surface area contributed by atoms with Crippen molar-refractivity contribution >= 4 is 21.6 Å². The molecular formula is C22H30N2O4S. The van der Waals surface area contributed by atoms with E-state index in [0.717, 1.165) is 38.6 Å². The molecule has 1 N–H and O–H groups in total. The van der Waals surface area contributed by atoms with Crippen molar-refractivity contribution in [1.82, 2.24) is 5.32 Å². The molecule has 0 aromatic heterocycles. The first-order valence-corrected chi connectivity index (χ1v) is 11.4. The maximum absolute atomic E-state index is 12.6. The maximum Gasteiger partial charge on any atom is 0.243 e. The van der Waals surface area contributed by atoms with Crippen LogP contribution in [-0.2, 0) is 14.8 Å². The lowest BCUT2D eigenvalue weighted by Gasteiger charge is -2.28. The molecule has 0 bridgehead atoms. The maximum atomic E-state index is 12.6. The highest BCUT2D eigenvalue weighted by atomic mass is 32.2. The lowest BCUT2D eigenvalue weighted by atomic mass is 10.1. The van der Waals surface area contributed by atoms with Gasteiger partial charge in [0, 0.05) is 0 Å². The largest absolute Gasteiger partial charge is 0.491 e. The number of amides is 1. The Kier molecular flexibility index (Phi) is 7.30. The number of ether oxygens (including phenoxy) is 1. The molecule has 29 heavy (non-hydrogen) atoms. The van der Waals surface area contributed by atoms with E-state index in [1.807, 2.05) is 52.0 Å². The molecule has 0 aliphatic carbocycles. The number of rotatable bonds is 8. The van der Waals surface area contributed by atoms with E-state index in [-0.39, 0.29) is 12.5 Å². The van der Waals surface area contributed by atoms with Crippen LogP contribution < -0.4 is 14.4 Å². The van der Waals surface area contributed by atoms with Crippen LogP contribution in [0.25, 0.3) is 0 Å². The average molecular weight is 419 g/mol. The summed E-state index contributed by atoms with van der Waals surface area (Å²) in [6, 6.07) is 10.4. The number of carbonyl (C=O) groups excluding carboxylic acids is 1. The van der Waals surface area contributed by atoms with Gasteiger partial charge >= 0.3 is 0 Å². The number of hydrogen-bond acceptors (Lipinski definition) is 4. The molecule has 0 fully saturated rings. The fourth-order valence-electron chi connectivity index (χ4n) is 3.12. The van der Waals surface area contributed by atoms with Gasteiger partial charge in [0.1, 0.15) is 18.4 Å². The number of hydrogen-bond donors (Lipinski definition) is 1. The van der Waals surface area contributed by atoms with Crippen LogP contribution in [0.5, 0.6) is 5.75 Å². The molecule has 0 aliphatic heterocycles. The molecule has 1 amide bonds. The first kappa shape index (κ1) is 22.7. The Balaban J connectivity index is 2.02. The van der Waals surface area contributed by atoms with Gasteiger partial charge in [-0.15, -0.1) is 0 Å². The summed E-state index contributed by atoms with van der Waals surface area (Å²) in [7, 11) is -3.63. The molecule has 0 saturated heterocycles. The van der Waals surface area contributed by atoms with Crippen molar-refractivity contribution in [2.45, 2.75) is 40.7 Å². The van der Waals surface area contributed by atoms with E-state index in [9.17, 15) is 13.2 Å². The fourth-order valence-corrected chi connectivity index (χ4v) is 4.28. The van der Waals surface area contributed by atoms with Crippen molar-refractivity contribution in [3.63, 3.8) is 0 Å². The number of carbonyl (C=O) groups is 1. The Morgan fingerprint density at radius 1 is 1.03 bits per heavy atom. The van der Waals surface area contributed by atoms with E-state index in [0.29, 0.717) is 12.3 Å². The van der Waals surface area contributed by atoms with Crippen molar-refractivity contribution in [2.75, 3.05) is 23.7 Å². The van der Waals surface area contributed by atoms with Crippen LogP contribution in [0, 0.1) is 27.7 Å². The van der Waals surface area contributed by atoms with E-state index < -0.39 is 16.1 Å². The average Bonchev–Trinajstić information content (AvgIpc) is 2.62. The van der Waals surface area contributed by atoms with Gasteiger partial charge in [0.05, 0.1) is 18.5 Å². The van der Waals surface area contributed by atoms with Crippen molar-refractivity contribution in [3.05, 3.63) is 58.7 Å². The molecule has 0 aliphatic rings. The molecular weight excluding hydrogens is 388 g/mol. The van der Waals surface area contributed by atoms with E-state index in [1.54, 1.807) is 19.1 Å². The highest BCUT2D eigenvalue weighted by Gasteiger charge is 2.29. The monoisotopic (exact) mass is 418 g/mol. The summed E-state index contributed by atoms with van der Waals surface area (Å²) in [6.45, 7) is 10.0. The van der Waals surface area contributed by atoms with Gasteiger partial charge in [-0.05, 0) is 69.5 Å². The minimum absolute atomic E-state index is 0.279. The molecule has 2 rings (SSSR count). The Labute approximate surface area is 173 Å². The van der Waals surface area contributed by atoms with Crippen LogP contribution >= 0.6 is 0 Å². The lowest BCUT2D eigenvalue weighted by Crippen LogP contribution is -2.48. The third-order valence-corrected chi connectivity index (χ3v) is 6.06. The zero-order valence-corrected chi connectivity index (χ0v) is 18.8. The molecule has 0 spiro atoms. The summed E-state index contributed by atoms with van der Waals surface area (Å²) >= 11 is 0. The summed E-state index contributed by atoms with van der Waals surface area (Å²) in [5.41, 5.74) is 4.69. The summed E-state index contributed by atoms with van der Waals surface area (Å²) in [5.74, 6) is 0.392. The third-order valence-electron chi connectivity index (χ3n) is 4.82. The number of benzene rings is 2. The van der Waals surface area contributed by atoms with E-state index >= 15 is 0 Å². The van der Waals surface area contributed by atoms with Crippen LogP contribution in [-0.4, -0.2) is 39.8 Å².